The summed E-state index contributed by atoms with van der Waals surface area (Å²) in [6, 6.07) is 6.84. The largest absolute Gasteiger partial charge is 0.352 e. The Hall–Kier alpha value is -3.62. The minimum absolute atomic E-state index is 0.0869. The molecule has 6 nitrogen and oxygen atoms in total. The number of halogens is 3. The third-order valence-electron chi connectivity index (χ3n) is 6.20. The van der Waals surface area contributed by atoms with Crippen LogP contribution in [0.2, 0.25) is 0 Å². The van der Waals surface area contributed by atoms with Crippen LogP contribution in [0.5, 0.6) is 0 Å². The van der Waals surface area contributed by atoms with Crippen LogP contribution in [0, 0.1) is 23.4 Å². The molecule has 1 atom stereocenters. The summed E-state index contributed by atoms with van der Waals surface area (Å²) in [5.74, 6) is -3.73. The molecule has 3 aromatic rings. The van der Waals surface area contributed by atoms with E-state index in [2.05, 4.69) is 15.6 Å². The van der Waals surface area contributed by atoms with Crippen molar-refractivity contribution in [3.05, 3.63) is 59.4 Å². The van der Waals surface area contributed by atoms with Gasteiger partial charge < -0.3 is 10.3 Å². The van der Waals surface area contributed by atoms with E-state index in [0.717, 1.165) is 6.07 Å². The maximum absolute atomic E-state index is 14.4. The van der Waals surface area contributed by atoms with Crippen LogP contribution in [0.15, 0.2) is 36.4 Å². The van der Waals surface area contributed by atoms with Gasteiger partial charge >= 0.3 is 0 Å². The van der Waals surface area contributed by atoms with Crippen LogP contribution in [0.1, 0.15) is 30.7 Å². The molecule has 0 spiro atoms. The third kappa shape index (κ3) is 3.43. The van der Waals surface area contributed by atoms with Crippen LogP contribution in [-0.4, -0.2) is 28.7 Å². The zero-order valence-corrected chi connectivity index (χ0v) is 16.7. The zero-order chi connectivity index (χ0) is 22.6. The average Bonchev–Trinajstić information content (AvgIpc) is 3.21. The van der Waals surface area contributed by atoms with Crippen LogP contribution in [0.4, 0.5) is 13.2 Å². The fourth-order valence-corrected chi connectivity index (χ4v) is 4.54. The first-order valence-electron chi connectivity index (χ1n) is 10.2. The predicted molar refractivity (Wildman–Crippen MR) is 109 cm³/mol. The second-order valence-corrected chi connectivity index (χ2v) is 8.27. The van der Waals surface area contributed by atoms with Gasteiger partial charge in [0, 0.05) is 17.4 Å². The minimum atomic E-state index is -0.875. The molecule has 0 radical (unpaired) electrons. The second kappa shape index (κ2) is 7.51. The third-order valence-corrected chi connectivity index (χ3v) is 6.20. The molecule has 1 aliphatic carbocycles. The summed E-state index contributed by atoms with van der Waals surface area (Å²) in [6.45, 7) is 0. The summed E-state index contributed by atoms with van der Waals surface area (Å²) < 4.78 is 41.8. The van der Waals surface area contributed by atoms with E-state index in [9.17, 15) is 27.6 Å². The lowest BCUT2D eigenvalue weighted by molar-refractivity contribution is -0.132. The Kier molecular flexibility index (Phi) is 4.76. The van der Waals surface area contributed by atoms with E-state index in [1.54, 1.807) is 12.1 Å². The van der Waals surface area contributed by atoms with E-state index in [4.69, 9.17) is 0 Å². The van der Waals surface area contributed by atoms with Crippen LogP contribution in [-0.2, 0) is 14.4 Å². The van der Waals surface area contributed by atoms with Gasteiger partial charge in [0.05, 0.1) is 17.6 Å². The van der Waals surface area contributed by atoms with Crippen LogP contribution in [0.3, 0.4) is 0 Å². The van der Waals surface area contributed by atoms with Crippen molar-refractivity contribution in [2.24, 2.45) is 5.92 Å². The molecule has 1 aliphatic heterocycles. The molecule has 1 saturated carbocycles. The highest BCUT2D eigenvalue weighted by atomic mass is 19.1. The number of aromatic amines is 1. The van der Waals surface area contributed by atoms with Gasteiger partial charge in [-0.1, -0.05) is 0 Å². The van der Waals surface area contributed by atoms with Crippen molar-refractivity contribution in [1.82, 2.24) is 15.6 Å². The molecule has 0 unspecified atom stereocenters. The van der Waals surface area contributed by atoms with E-state index >= 15 is 0 Å². The molecule has 2 heterocycles. The maximum atomic E-state index is 14.4. The smallest absolute Gasteiger partial charge is 0.249 e. The van der Waals surface area contributed by atoms with Crippen molar-refractivity contribution in [3.8, 4) is 11.3 Å². The van der Waals surface area contributed by atoms with Gasteiger partial charge in [-0.15, -0.1) is 0 Å². The fourth-order valence-electron chi connectivity index (χ4n) is 4.54. The number of H-pyrrole nitrogens is 1. The van der Waals surface area contributed by atoms with Crippen molar-refractivity contribution in [2.75, 3.05) is 0 Å². The molecule has 2 aliphatic rings. The number of aromatic nitrogens is 1. The van der Waals surface area contributed by atoms with Crippen molar-refractivity contribution in [3.63, 3.8) is 0 Å². The maximum Gasteiger partial charge on any atom is 0.249 e. The number of rotatable bonds is 4. The molecular formula is C23H18F3N3O3. The molecule has 2 fully saturated rings. The highest BCUT2D eigenvalue weighted by Crippen LogP contribution is 2.48. The van der Waals surface area contributed by atoms with E-state index in [1.165, 1.54) is 18.2 Å². The summed E-state index contributed by atoms with van der Waals surface area (Å²) in [6.07, 6.45) is 0.733. The summed E-state index contributed by atoms with van der Waals surface area (Å²) in [7, 11) is 0. The van der Waals surface area contributed by atoms with Gasteiger partial charge in [0.2, 0.25) is 17.7 Å². The van der Waals surface area contributed by atoms with Crippen molar-refractivity contribution >= 4 is 28.6 Å². The highest BCUT2D eigenvalue weighted by Gasteiger charge is 2.41. The second-order valence-electron chi connectivity index (χ2n) is 8.27. The number of carbonyl (C=O) groups excluding carboxylic acids is 3. The number of fused-ring (bicyclic) bond motifs is 1. The number of benzene rings is 2. The number of nitrogens with one attached hydrogen (secondary N) is 3. The molecule has 1 saturated heterocycles. The number of carbonyl (C=O) groups is 3. The first-order valence-corrected chi connectivity index (χ1v) is 10.2. The predicted octanol–water partition coefficient (Wildman–Crippen LogP) is 3.28. The Morgan fingerprint density at radius 2 is 1.72 bits per heavy atom. The average molecular weight is 441 g/mol. The number of amides is 3. The van der Waals surface area contributed by atoms with E-state index in [1.807, 2.05) is 0 Å². The number of hydrogen-bond acceptors (Lipinski definition) is 3. The summed E-state index contributed by atoms with van der Waals surface area (Å²) in [4.78, 5) is 38.5. The molecule has 164 valence electrons. The van der Waals surface area contributed by atoms with Gasteiger partial charge in [0.15, 0.2) is 0 Å². The first kappa shape index (κ1) is 20.3. The van der Waals surface area contributed by atoms with Crippen LogP contribution >= 0.6 is 0 Å². The van der Waals surface area contributed by atoms with Crippen molar-refractivity contribution < 1.29 is 27.6 Å². The minimum Gasteiger partial charge on any atom is -0.352 e. The Morgan fingerprint density at radius 3 is 2.38 bits per heavy atom. The van der Waals surface area contributed by atoms with Gasteiger partial charge in [-0.2, -0.15) is 0 Å². The van der Waals surface area contributed by atoms with Crippen molar-refractivity contribution in [2.45, 2.75) is 31.2 Å². The molecular weight excluding hydrogens is 423 g/mol. The van der Waals surface area contributed by atoms with Crippen LogP contribution in [0.25, 0.3) is 22.2 Å². The normalized spacial score (nSPS) is 22.7. The molecule has 32 heavy (non-hydrogen) atoms. The molecule has 2 aromatic carbocycles. The Morgan fingerprint density at radius 1 is 1.00 bits per heavy atom. The van der Waals surface area contributed by atoms with Crippen LogP contribution < -0.4 is 10.6 Å². The number of hydrogen-bond donors (Lipinski definition) is 3. The molecule has 3 N–H and O–H groups in total. The molecule has 9 heteroatoms. The lowest BCUT2D eigenvalue weighted by Crippen LogP contribution is -2.45. The van der Waals surface area contributed by atoms with E-state index < -0.39 is 41.2 Å². The summed E-state index contributed by atoms with van der Waals surface area (Å²) >= 11 is 0. The first-order chi connectivity index (χ1) is 15.3. The zero-order valence-electron chi connectivity index (χ0n) is 16.7. The summed E-state index contributed by atoms with van der Waals surface area (Å²) in [5.41, 5.74) is 1.98. The lowest BCUT2D eigenvalue weighted by atomic mass is 9.69. The number of imide groups is 1. The van der Waals surface area contributed by atoms with Gasteiger partial charge in [0.1, 0.15) is 23.5 Å². The summed E-state index contributed by atoms with van der Waals surface area (Å²) in [5, 5.41) is 5.12. The van der Waals surface area contributed by atoms with Gasteiger partial charge in [-0.05, 0) is 60.2 Å². The Balaban J connectivity index is 1.43. The van der Waals surface area contributed by atoms with Gasteiger partial charge in [-0.25, -0.2) is 13.2 Å². The lowest BCUT2D eigenvalue weighted by Gasteiger charge is -2.35. The molecule has 1 aromatic heterocycles. The Bertz CT molecular complexity index is 1260. The van der Waals surface area contributed by atoms with E-state index in [0.29, 0.717) is 35.0 Å². The monoisotopic (exact) mass is 441 g/mol. The topological polar surface area (TPSA) is 91.1 Å². The molecule has 5 rings (SSSR count). The van der Waals surface area contributed by atoms with E-state index in [-0.39, 0.29) is 23.8 Å². The molecule has 3 amide bonds. The van der Waals surface area contributed by atoms with Gasteiger partial charge in [-0.3, -0.25) is 19.7 Å². The van der Waals surface area contributed by atoms with Crippen molar-refractivity contribution in [1.29, 1.82) is 0 Å². The quantitative estimate of drug-likeness (QED) is 0.543. The SMILES string of the molecule is O=C1C[C@@H](NC(=O)C2CC(c3c(-c4ccc(F)cc4)[nH]c4c(F)cc(F)cc34)C2)C(=O)N1. The highest BCUT2D eigenvalue weighted by molar-refractivity contribution is 6.07. The molecule has 0 bridgehead atoms. The Labute approximate surface area is 180 Å². The van der Waals surface area contributed by atoms with Gasteiger partial charge in [0.25, 0.3) is 0 Å². The standard InChI is InChI=1S/C23H18F3N3O3/c24-13-3-1-10(2-4-13)20-19(15-7-14(25)8-16(26)21(15)29-20)11-5-12(6-11)22(31)27-17-9-18(30)28-23(17)32/h1-4,7-8,11-12,17,29H,5-6,9H2,(H,27,31)(H,28,30,32)/t11?,12?,17-/m1/s1. The fraction of sp³-hybridized carbons (Fsp3) is 0.261.